The molecule has 0 saturated carbocycles. The topological polar surface area (TPSA) is 36.4 Å². The molecule has 0 aliphatic carbocycles. The summed E-state index contributed by atoms with van der Waals surface area (Å²) in [5.74, 6) is -0.0367. The normalized spacial score (nSPS) is 19.6. The Balaban J connectivity index is 2.10. The molecule has 1 unspecified atom stereocenters. The highest BCUT2D eigenvalue weighted by molar-refractivity contribution is 6.41. The molecule has 0 aromatic carbocycles. The van der Waals surface area contributed by atoms with Gasteiger partial charge in [0, 0.05) is 25.3 Å². The fourth-order valence-electron chi connectivity index (χ4n) is 2.07. The zero-order valence-corrected chi connectivity index (χ0v) is 11.9. The molecule has 1 saturated heterocycles. The summed E-state index contributed by atoms with van der Waals surface area (Å²) in [4.78, 5) is 20.1. The number of hydrogen-bond donors (Lipinski definition) is 0. The van der Waals surface area contributed by atoms with Crippen molar-refractivity contribution in [3.63, 3.8) is 0 Å². The third-order valence-electron chi connectivity index (χ3n) is 3.22. The number of pyridine rings is 1. The minimum Gasteiger partial charge on any atom is -0.337 e. The SMILES string of the molecule is CN(C)C1CCN(C(=O)c2cnc(Cl)c(Cl)c2)C1. The van der Waals surface area contributed by atoms with Crippen LogP contribution >= 0.6 is 23.2 Å². The Morgan fingerprint density at radius 3 is 2.78 bits per heavy atom. The van der Waals surface area contributed by atoms with E-state index in [4.69, 9.17) is 23.2 Å². The molecule has 2 heterocycles. The van der Waals surface area contributed by atoms with Gasteiger partial charge in [-0.25, -0.2) is 4.98 Å². The van der Waals surface area contributed by atoms with E-state index in [2.05, 4.69) is 9.88 Å². The van der Waals surface area contributed by atoms with Gasteiger partial charge in [0.05, 0.1) is 10.6 Å². The van der Waals surface area contributed by atoms with Crippen molar-refractivity contribution >= 4 is 29.1 Å². The maximum absolute atomic E-state index is 12.2. The molecule has 1 amide bonds. The molecule has 4 nitrogen and oxygen atoms in total. The fourth-order valence-corrected chi connectivity index (χ4v) is 2.34. The Morgan fingerprint density at radius 1 is 1.50 bits per heavy atom. The van der Waals surface area contributed by atoms with Gasteiger partial charge < -0.3 is 9.80 Å². The first-order valence-electron chi connectivity index (χ1n) is 5.76. The molecule has 1 atom stereocenters. The highest BCUT2D eigenvalue weighted by Crippen LogP contribution is 2.22. The summed E-state index contributed by atoms with van der Waals surface area (Å²) in [7, 11) is 4.05. The van der Waals surface area contributed by atoms with E-state index in [1.807, 2.05) is 19.0 Å². The first-order chi connectivity index (χ1) is 8.49. The van der Waals surface area contributed by atoms with Gasteiger partial charge in [-0.1, -0.05) is 23.2 Å². The molecule has 6 heteroatoms. The van der Waals surface area contributed by atoms with Gasteiger partial charge in [0.15, 0.2) is 0 Å². The third kappa shape index (κ3) is 2.76. The molecule has 0 spiro atoms. The van der Waals surface area contributed by atoms with Crippen LogP contribution in [-0.4, -0.2) is 53.9 Å². The average molecular weight is 288 g/mol. The minimum atomic E-state index is -0.0367. The van der Waals surface area contributed by atoms with Gasteiger partial charge in [0.25, 0.3) is 5.91 Å². The smallest absolute Gasteiger partial charge is 0.255 e. The standard InChI is InChI=1S/C12H15Cl2N3O/c1-16(2)9-3-4-17(7-9)12(18)8-5-10(13)11(14)15-6-8/h5-6,9H,3-4,7H2,1-2H3. The Bertz CT molecular complexity index is 465. The Hall–Kier alpha value is -0.840. The largest absolute Gasteiger partial charge is 0.337 e. The molecule has 1 fully saturated rings. The van der Waals surface area contributed by atoms with Crippen molar-refractivity contribution in [2.45, 2.75) is 12.5 Å². The van der Waals surface area contributed by atoms with Crippen LogP contribution in [0.1, 0.15) is 16.8 Å². The Kier molecular flexibility index (Phi) is 4.10. The van der Waals surface area contributed by atoms with Gasteiger partial charge in [-0.15, -0.1) is 0 Å². The summed E-state index contributed by atoms with van der Waals surface area (Å²) in [5.41, 5.74) is 0.490. The molecule has 0 N–H and O–H groups in total. The van der Waals surface area contributed by atoms with Crippen LogP contribution < -0.4 is 0 Å². The van der Waals surface area contributed by atoms with Gasteiger partial charge >= 0.3 is 0 Å². The fraction of sp³-hybridized carbons (Fsp3) is 0.500. The van der Waals surface area contributed by atoms with Gasteiger partial charge in [-0.3, -0.25) is 4.79 Å². The third-order valence-corrected chi connectivity index (χ3v) is 3.91. The maximum atomic E-state index is 12.2. The quantitative estimate of drug-likeness (QED) is 0.783. The lowest BCUT2D eigenvalue weighted by Crippen LogP contribution is -2.34. The Morgan fingerprint density at radius 2 is 2.22 bits per heavy atom. The zero-order chi connectivity index (χ0) is 13.3. The van der Waals surface area contributed by atoms with Gasteiger partial charge in [0.2, 0.25) is 0 Å². The predicted octanol–water partition coefficient (Wildman–Crippen LogP) is 2.16. The van der Waals surface area contributed by atoms with Gasteiger partial charge in [0.1, 0.15) is 5.15 Å². The van der Waals surface area contributed by atoms with Crippen molar-refractivity contribution in [3.8, 4) is 0 Å². The number of halogens is 2. The average Bonchev–Trinajstić information content (AvgIpc) is 2.81. The molecule has 2 rings (SSSR count). The number of likely N-dealkylation sites (N-methyl/N-ethyl adjacent to an activating group) is 1. The number of amides is 1. The van der Waals surface area contributed by atoms with E-state index in [1.54, 1.807) is 6.07 Å². The van der Waals surface area contributed by atoms with Crippen molar-refractivity contribution in [2.75, 3.05) is 27.2 Å². The van der Waals surface area contributed by atoms with E-state index >= 15 is 0 Å². The van der Waals surface area contributed by atoms with Crippen molar-refractivity contribution in [1.29, 1.82) is 0 Å². The molecule has 0 radical (unpaired) electrons. The number of likely N-dealkylation sites (tertiary alicyclic amines) is 1. The number of rotatable bonds is 2. The molecular weight excluding hydrogens is 273 g/mol. The first kappa shape index (κ1) is 13.6. The summed E-state index contributed by atoms with van der Waals surface area (Å²) >= 11 is 11.6. The predicted molar refractivity (Wildman–Crippen MR) is 72.3 cm³/mol. The monoisotopic (exact) mass is 287 g/mol. The van der Waals surface area contributed by atoms with E-state index in [1.165, 1.54) is 6.20 Å². The lowest BCUT2D eigenvalue weighted by molar-refractivity contribution is 0.0782. The summed E-state index contributed by atoms with van der Waals surface area (Å²) < 4.78 is 0. The molecular formula is C12H15Cl2N3O. The van der Waals surface area contributed by atoms with Crippen LogP contribution in [0.5, 0.6) is 0 Å². The first-order valence-corrected chi connectivity index (χ1v) is 6.51. The van der Waals surface area contributed by atoms with Crippen molar-refractivity contribution in [2.24, 2.45) is 0 Å². The number of carbonyl (C=O) groups is 1. The lowest BCUT2D eigenvalue weighted by Gasteiger charge is -2.20. The second-order valence-electron chi connectivity index (χ2n) is 4.65. The summed E-state index contributed by atoms with van der Waals surface area (Å²) in [6.07, 6.45) is 2.47. The Labute approximate surface area is 116 Å². The molecule has 1 aromatic heterocycles. The number of carbonyl (C=O) groups excluding carboxylic acids is 1. The van der Waals surface area contributed by atoms with E-state index in [-0.39, 0.29) is 11.1 Å². The van der Waals surface area contributed by atoms with Crippen LogP contribution in [0.2, 0.25) is 10.2 Å². The van der Waals surface area contributed by atoms with Crippen LogP contribution in [0.3, 0.4) is 0 Å². The maximum Gasteiger partial charge on any atom is 0.255 e. The van der Waals surface area contributed by atoms with Crippen LogP contribution in [0.15, 0.2) is 12.3 Å². The van der Waals surface area contributed by atoms with E-state index in [0.29, 0.717) is 16.6 Å². The van der Waals surface area contributed by atoms with Gasteiger partial charge in [-0.05, 0) is 26.6 Å². The van der Waals surface area contributed by atoms with Crippen molar-refractivity contribution in [3.05, 3.63) is 28.0 Å². The minimum absolute atomic E-state index is 0.0367. The number of aromatic nitrogens is 1. The molecule has 1 aliphatic rings. The molecule has 98 valence electrons. The van der Waals surface area contributed by atoms with E-state index in [0.717, 1.165) is 19.5 Å². The second kappa shape index (κ2) is 5.43. The van der Waals surface area contributed by atoms with Crippen LogP contribution in [0.25, 0.3) is 0 Å². The van der Waals surface area contributed by atoms with Crippen LogP contribution in [0, 0.1) is 0 Å². The van der Waals surface area contributed by atoms with Crippen molar-refractivity contribution < 1.29 is 4.79 Å². The molecule has 0 bridgehead atoms. The highest BCUT2D eigenvalue weighted by atomic mass is 35.5. The van der Waals surface area contributed by atoms with Crippen molar-refractivity contribution in [1.82, 2.24) is 14.8 Å². The van der Waals surface area contributed by atoms with Gasteiger partial charge in [-0.2, -0.15) is 0 Å². The van der Waals surface area contributed by atoms with E-state index < -0.39 is 0 Å². The molecule has 1 aromatic rings. The molecule has 1 aliphatic heterocycles. The van der Waals surface area contributed by atoms with Crippen LogP contribution in [0.4, 0.5) is 0 Å². The summed E-state index contributed by atoms with van der Waals surface area (Å²) in [6, 6.07) is 1.99. The second-order valence-corrected chi connectivity index (χ2v) is 5.42. The zero-order valence-electron chi connectivity index (χ0n) is 10.4. The van der Waals surface area contributed by atoms with Crippen LogP contribution in [-0.2, 0) is 0 Å². The molecule has 18 heavy (non-hydrogen) atoms. The number of hydrogen-bond acceptors (Lipinski definition) is 3. The highest BCUT2D eigenvalue weighted by Gasteiger charge is 2.28. The summed E-state index contributed by atoms with van der Waals surface area (Å²) in [5, 5.41) is 0.534. The number of nitrogens with zero attached hydrogens (tertiary/aromatic N) is 3. The summed E-state index contributed by atoms with van der Waals surface area (Å²) in [6.45, 7) is 1.51. The van der Waals surface area contributed by atoms with E-state index in [9.17, 15) is 4.79 Å². The lowest BCUT2D eigenvalue weighted by atomic mass is 10.2.